The Bertz CT molecular complexity index is 744. The van der Waals surface area contributed by atoms with Gasteiger partial charge in [-0.05, 0) is 48.0 Å². The molecule has 0 radical (unpaired) electrons. The lowest BCUT2D eigenvalue weighted by atomic mass is 10.2. The molecule has 4 heteroatoms. The second-order valence-corrected chi connectivity index (χ2v) is 4.76. The van der Waals surface area contributed by atoms with E-state index in [-0.39, 0.29) is 5.82 Å². The highest BCUT2D eigenvalue weighted by Crippen LogP contribution is 2.23. The van der Waals surface area contributed by atoms with Gasteiger partial charge in [0, 0.05) is 29.3 Å². The molecular formula is C16H15FN2O. The van der Waals surface area contributed by atoms with E-state index in [1.54, 1.807) is 13.2 Å². The minimum atomic E-state index is -0.307. The zero-order valence-corrected chi connectivity index (χ0v) is 11.1. The minimum Gasteiger partial charge on any atom is -0.497 e. The Labute approximate surface area is 116 Å². The third kappa shape index (κ3) is 2.32. The van der Waals surface area contributed by atoms with Gasteiger partial charge in [-0.2, -0.15) is 0 Å². The largest absolute Gasteiger partial charge is 0.497 e. The summed E-state index contributed by atoms with van der Waals surface area (Å²) in [4.78, 5) is 0. The first-order chi connectivity index (χ1) is 9.65. The van der Waals surface area contributed by atoms with Gasteiger partial charge in [-0.3, -0.25) is 0 Å². The molecule has 1 aromatic heterocycles. The summed E-state index contributed by atoms with van der Waals surface area (Å²) in [6.45, 7) is 0.581. The maximum Gasteiger partial charge on any atom is 0.125 e. The fraction of sp³-hybridized carbons (Fsp3) is 0.125. The summed E-state index contributed by atoms with van der Waals surface area (Å²) in [5.41, 5.74) is 8.04. The molecule has 0 atom stereocenters. The fourth-order valence-electron chi connectivity index (χ4n) is 2.41. The lowest BCUT2D eigenvalue weighted by molar-refractivity contribution is 0.415. The molecule has 3 rings (SSSR count). The summed E-state index contributed by atoms with van der Waals surface area (Å²) in [6, 6.07) is 12.5. The molecule has 0 amide bonds. The predicted molar refractivity (Wildman–Crippen MR) is 78.4 cm³/mol. The Morgan fingerprint density at radius 1 is 1.15 bits per heavy atom. The van der Waals surface area contributed by atoms with Crippen molar-refractivity contribution < 1.29 is 9.13 Å². The average molecular weight is 270 g/mol. The Morgan fingerprint density at radius 3 is 2.75 bits per heavy atom. The van der Waals surface area contributed by atoms with E-state index in [1.165, 1.54) is 12.1 Å². The normalized spacial score (nSPS) is 10.9. The molecule has 1 heterocycles. The second-order valence-electron chi connectivity index (χ2n) is 4.76. The summed E-state index contributed by atoms with van der Waals surface area (Å²) in [5.74, 6) is 0.517. The van der Waals surface area contributed by atoms with Crippen molar-refractivity contribution in [3.63, 3.8) is 0 Å². The number of hydrogen-bond donors (Lipinski definition) is 1. The van der Waals surface area contributed by atoms with Crippen LogP contribution in [0.15, 0.2) is 48.7 Å². The van der Waals surface area contributed by atoms with Crippen LogP contribution in [0.3, 0.4) is 0 Å². The third-order valence-corrected chi connectivity index (χ3v) is 3.31. The van der Waals surface area contributed by atoms with Crippen molar-refractivity contribution in [3.8, 4) is 5.75 Å². The predicted octanol–water partition coefficient (Wildman–Crippen LogP) is 3.42. The summed E-state index contributed by atoms with van der Waals surface area (Å²) in [7, 11) is 1.65. The third-order valence-electron chi connectivity index (χ3n) is 3.31. The first-order valence-electron chi connectivity index (χ1n) is 6.33. The molecule has 0 spiro atoms. The summed E-state index contributed by atoms with van der Waals surface area (Å²) in [6.07, 6.45) is 1.98. The van der Waals surface area contributed by atoms with E-state index in [1.807, 2.05) is 30.5 Å². The monoisotopic (exact) mass is 270 g/mol. The van der Waals surface area contributed by atoms with Crippen LogP contribution in [-0.2, 0) is 6.54 Å². The van der Waals surface area contributed by atoms with Gasteiger partial charge in [-0.25, -0.2) is 4.39 Å². The van der Waals surface area contributed by atoms with Gasteiger partial charge in [0.2, 0.25) is 0 Å². The zero-order chi connectivity index (χ0) is 14.1. The molecule has 0 saturated heterocycles. The smallest absolute Gasteiger partial charge is 0.125 e. The van der Waals surface area contributed by atoms with Gasteiger partial charge >= 0.3 is 0 Å². The van der Waals surface area contributed by atoms with Crippen molar-refractivity contribution in [2.24, 2.45) is 0 Å². The number of aromatic nitrogens is 1. The maximum atomic E-state index is 13.4. The summed E-state index contributed by atoms with van der Waals surface area (Å²) >= 11 is 0. The average Bonchev–Trinajstić information content (AvgIpc) is 2.80. The van der Waals surface area contributed by atoms with Gasteiger partial charge < -0.3 is 15.0 Å². The topological polar surface area (TPSA) is 40.2 Å². The second kappa shape index (κ2) is 4.89. The number of nitrogen functional groups attached to an aromatic ring is 1. The number of fused-ring (bicyclic) bond motifs is 1. The van der Waals surface area contributed by atoms with Crippen LogP contribution in [0.25, 0.3) is 10.9 Å². The number of methoxy groups -OCH3 is 1. The molecule has 0 aliphatic carbocycles. The molecule has 0 aliphatic heterocycles. The van der Waals surface area contributed by atoms with Gasteiger partial charge in [0.05, 0.1) is 7.11 Å². The van der Waals surface area contributed by atoms with Crippen molar-refractivity contribution in [1.82, 2.24) is 4.57 Å². The van der Waals surface area contributed by atoms with Gasteiger partial charge in [0.25, 0.3) is 0 Å². The number of nitrogens with zero attached hydrogens (tertiary/aromatic N) is 1. The first-order valence-corrected chi connectivity index (χ1v) is 6.33. The van der Waals surface area contributed by atoms with Gasteiger partial charge in [-0.15, -0.1) is 0 Å². The Kier molecular flexibility index (Phi) is 3.06. The first kappa shape index (κ1) is 12.5. The van der Waals surface area contributed by atoms with Crippen LogP contribution in [0.1, 0.15) is 5.56 Å². The Morgan fingerprint density at radius 2 is 2.00 bits per heavy atom. The van der Waals surface area contributed by atoms with Crippen LogP contribution in [0.4, 0.5) is 10.1 Å². The van der Waals surface area contributed by atoms with Crippen LogP contribution in [-0.4, -0.2) is 11.7 Å². The molecule has 102 valence electrons. The van der Waals surface area contributed by atoms with Crippen LogP contribution in [0.2, 0.25) is 0 Å². The molecule has 0 unspecified atom stereocenters. The number of rotatable bonds is 3. The Hall–Kier alpha value is -2.49. The van der Waals surface area contributed by atoms with E-state index in [9.17, 15) is 4.39 Å². The molecule has 2 aromatic carbocycles. The molecule has 0 bridgehead atoms. The quantitative estimate of drug-likeness (QED) is 0.741. The fourth-order valence-corrected chi connectivity index (χ4v) is 2.41. The highest BCUT2D eigenvalue weighted by Gasteiger charge is 2.05. The van der Waals surface area contributed by atoms with E-state index in [4.69, 9.17) is 10.5 Å². The summed E-state index contributed by atoms with van der Waals surface area (Å²) < 4.78 is 20.6. The number of benzene rings is 2. The van der Waals surface area contributed by atoms with Crippen molar-refractivity contribution in [2.45, 2.75) is 6.54 Å². The van der Waals surface area contributed by atoms with Gasteiger partial charge in [-0.1, -0.05) is 0 Å². The minimum absolute atomic E-state index is 0.307. The molecule has 2 N–H and O–H groups in total. The molecular weight excluding hydrogens is 255 g/mol. The van der Waals surface area contributed by atoms with E-state index < -0.39 is 0 Å². The number of halogens is 1. The number of hydrogen-bond acceptors (Lipinski definition) is 2. The standard InChI is InChI=1S/C16H15FN2O/c1-20-15-2-3-16-12(8-15)4-5-19(16)10-11-6-13(17)9-14(18)7-11/h2-9H,10,18H2,1H3. The van der Waals surface area contributed by atoms with Gasteiger partial charge in [0.15, 0.2) is 0 Å². The molecule has 3 aromatic rings. The Balaban J connectivity index is 1.98. The maximum absolute atomic E-state index is 13.4. The van der Waals surface area contributed by atoms with Crippen LogP contribution in [0.5, 0.6) is 5.75 Å². The molecule has 0 saturated carbocycles. The molecule has 3 nitrogen and oxygen atoms in total. The lowest BCUT2D eigenvalue weighted by Gasteiger charge is -2.07. The van der Waals surface area contributed by atoms with Gasteiger partial charge in [0.1, 0.15) is 11.6 Å². The number of anilines is 1. The molecule has 20 heavy (non-hydrogen) atoms. The SMILES string of the molecule is COc1ccc2c(ccn2Cc2cc(N)cc(F)c2)c1. The van der Waals surface area contributed by atoms with Crippen molar-refractivity contribution in [3.05, 3.63) is 60.0 Å². The summed E-state index contributed by atoms with van der Waals surface area (Å²) in [5, 5.41) is 1.09. The highest BCUT2D eigenvalue weighted by molar-refractivity contribution is 5.81. The number of nitrogens with two attached hydrogens (primary N) is 1. The van der Waals surface area contributed by atoms with E-state index >= 15 is 0 Å². The molecule has 0 fully saturated rings. The number of ether oxygens (including phenoxy) is 1. The molecule has 0 aliphatic rings. The van der Waals surface area contributed by atoms with Crippen molar-refractivity contribution >= 4 is 16.6 Å². The zero-order valence-electron chi connectivity index (χ0n) is 11.1. The van der Waals surface area contributed by atoms with Crippen LogP contribution in [0, 0.1) is 5.82 Å². The lowest BCUT2D eigenvalue weighted by Crippen LogP contribution is -1.99. The van der Waals surface area contributed by atoms with Crippen LogP contribution >= 0.6 is 0 Å². The van der Waals surface area contributed by atoms with Crippen LogP contribution < -0.4 is 10.5 Å². The van der Waals surface area contributed by atoms with E-state index in [2.05, 4.69) is 4.57 Å². The van der Waals surface area contributed by atoms with Crippen molar-refractivity contribution in [2.75, 3.05) is 12.8 Å². The van der Waals surface area contributed by atoms with E-state index in [0.29, 0.717) is 12.2 Å². The highest BCUT2D eigenvalue weighted by atomic mass is 19.1. The van der Waals surface area contributed by atoms with Crippen molar-refractivity contribution in [1.29, 1.82) is 0 Å². The van der Waals surface area contributed by atoms with E-state index in [0.717, 1.165) is 22.2 Å².